The minimum absolute atomic E-state index is 0.00782. The van der Waals surface area contributed by atoms with Crippen molar-refractivity contribution in [3.63, 3.8) is 0 Å². The van der Waals surface area contributed by atoms with E-state index >= 15 is 0 Å². The van der Waals surface area contributed by atoms with E-state index in [1.54, 1.807) is 18.2 Å². The molecule has 1 atom stereocenters. The van der Waals surface area contributed by atoms with Crippen LogP contribution in [-0.4, -0.2) is 37.8 Å². The first-order chi connectivity index (χ1) is 13.9. The molecule has 1 N–H and O–H groups in total. The van der Waals surface area contributed by atoms with Crippen molar-refractivity contribution in [3.05, 3.63) is 65.7 Å². The molecule has 0 spiro atoms. The lowest BCUT2D eigenvalue weighted by molar-refractivity contribution is 0.0938. The molecule has 0 radical (unpaired) electrons. The molecular formula is C23H30N2O3S. The number of nitrogens with one attached hydrogen (secondary N) is 1. The molecule has 1 saturated heterocycles. The molecule has 1 aliphatic rings. The van der Waals surface area contributed by atoms with Crippen LogP contribution >= 0.6 is 0 Å². The van der Waals surface area contributed by atoms with Crippen molar-refractivity contribution in [1.29, 1.82) is 0 Å². The zero-order valence-electron chi connectivity index (χ0n) is 17.2. The average molecular weight is 415 g/mol. The van der Waals surface area contributed by atoms with Crippen LogP contribution in [0.5, 0.6) is 0 Å². The Morgan fingerprint density at radius 3 is 2.48 bits per heavy atom. The van der Waals surface area contributed by atoms with Crippen LogP contribution in [0, 0.1) is 5.92 Å². The Morgan fingerprint density at radius 2 is 1.79 bits per heavy atom. The second-order valence-electron chi connectivity index (χ2n) is 8.01. The van der Waals surface area contributed by atoms with Gasteiger partial charge in [0, 0.05) is 24.7 Å². The molecule has 2 aromatic rings. The van der Waals surface area contributed by atoms with Gasteiger partial charge in [-0.3, -0.25) is 4.79 Å². The van der Waals surface area contributed by atoms with Crippen LogP contribution < -0.4 is 5.32 Å². The number of piperidine rings is 1. The van der Waals surface area contributed by atoms with Crippen LogP contribution in [0.25, 0.3) is 0 Å². The van der Waals surface area contributed by atoms with Gasteiger partial charge in [-0.25, -0.2) is 8.42 Å². The Bertz CT molecular complexity index is 920. The number of rotatable bonds is 7. The van der Waals surface area contributed by atoms with Gasteiger partial charge >= 0.3 is 0 Å². The molecule has 1 heterocycles. The number of nitrogens with zero attached hydrogens (tertiary/aromatic N) is 1. The normalized spacial score (nSPS) is 17.0. The number of carbonyl (C=O) groups is 1. The molecule has 5 nitrogen and oxygen atoms in total. The van der Waals surface area contributed by atoms with Gasteiger partial charge in [-0.1, -0.05) is 43.3 Å². The van der Waals surface area contributed by atoms with E-state index in [1.807, 2.05) is 25.1 Å². The van der Waals surface area contributed by atoms with Crippen molar-refractivity contribution in [1.82, 2.24) is 9.62 Å². The third-order valence-electron chi connectivity index (χ3n) is 5.56. The smallest absolute Gasteiger partial charge is 0.251 e. The summed E-state index contributed by atoms with van der Waals surface area (Å²) >= 11 is 0. The number of benzene rings is 2. The highest BCUT2D eigenvalue weighted by Gasteiger charge is 2.28. The van der Waals surface area contributed by atoms with Gasteiger partial charge in [-0.2, -0.15) is 4.31 Å². The zero-order chi connectivity index (χ0) is 20.9. The lowest BCUT2D eigenvalue weighted by Crippen LogP contribution is -2.38. The van der Waals surface area contributed by atoms with Crippen LogP contribution in [0.1, 0.15) is 49.0 Å². The number of hydrogen-bond acceptors (Lipinski definition) is 3. The maximum atomic E-state index is 12.9. The van der Waals surface area contributed by atoms with E-state index in [0.717, 1.165) is 25.7 Å². The fourth-order valence-electron chi connectivity index (χ4n) is 3.58. The third kappa shape index (κ3) is 5.67. The summed E-state index contributed by atoms with van der Waals surface area (Å²) in [5.41, 5.74) is 1.61. The number of aryl methyl sites for hydroxylation is 1. The average Bonchev–Trinajstić information content (AvgIpc) is 2.73. The molecule has 156 valence electrons. The maximum absolute atomic E-state index is 12.9. The summed E-state index contributed by atoms with van der Waals surface area (Å²) < 4.78 is 27.4. The minimum atomic E-state index is -3.56. The highest BCUT2D eigenvalue weighted by Crippen LogP contribution is 2.24. The molecule has 3 rings (SSSR count). The van der Waals surface area contributed by atoms with Crippen LogP contribution in [0.2, 0.25) is 0 Å². The summed E-state index contributed by atoms with van der Waals surface area (Å²) in [6.45, 7) is 5.19. The van der Waals surface area contributed by atoms with Crippen LogP contribution in [0.4, 0.5) is 0 Å². The van der Waals surface area contributed by atoms with E-state index in [4.69, 9.17) is 0 Å². The Kier molecular flexibility index (Phi) is 7.09. The van der Waals surface area contributed by atoms with E-state index < -0.39 is 10.0 Å². The Labute approximate surface area is 174 Å². The first-order valence-corrected chi connectivity index (χ1v) is 11.8. The van der Waals surface area contributed by atoms with Gasteiger partial charge in [0.25, 0.3) is 5.91 Å². The Hall–Kier alpha value is -2.18. The highest BCUT2D eigenvalue weighted by atomic mass is 32.2. The van der Waals surface area contributed by atoms with Crippen LogP contribution in [0.15, 0.2) is 59.5 Å². The summed E-state index contributed by atoms with van der Waals surface area (Å²) in [5, 5.41) is 2.98. The zero-order valence-corrected chi connectivity index (χ0v) is 18.0. The molecule has 0 saturated carbocycles. The number of sulfonamides is 1. The Balaban J connectivity index is 1.63. The van der Waals surface area contributed by atoms with E-state index in [0.29, 0.717) is 24.6 Å². The molecular weight excluding hydrogens is 384 g/mol. The quantitative estimate of drug-likeness (QED) is 0.748. The Morgan fingerprint density at radius 1 is 1.10 bits per heavy atom. The first kappa shape index (κ1) is 21.5. The SMILES string of the molecule is CC1CCN(S(=O)(=O)c2cccc(C(=O)NC(C)CCc3ccccc3)c2)CC1. The predicted octanol–water partition coefficient (Wildman–Crippen LogP) is 3.86. The topological polar surface area (TPSA) is 66.5 Å². The summed E-state index contributed by atoms with van der Waals surface area (Å²) in [7, 11) is -3.56. The van der Waals surface area contributed by atoms with Crippen molar-refractivity contribution in [3.8, 4) is 0 Å². The monoisotopic (exact) mass is 414 g/mol. The standard InChI is InChI=1S/C23H30N2O3S/c1-18-13-15-25(16-14-18)29(27,28)22-10-6-9-21(17-22)23(26)24-19(2)11-12-20-7-4-3-5-8-20/h3-10,17-19H,11-16H2,1-2H3,(H,24,26). The van der Waals surface area contributed by atoms with Gasteiger partial charge in [-0.15, -0.1) is 0 Å². The van der Waals surface area contributed by atoms with E-state index in [9.17, 15) is 13.2 Å². The fraction of sp³-hybridized carbons (Fsp3) is 0.435. The summed E-state index contributed by atoms with van der Waals surface area (Å²) in [5.74, 6) is 0.311. The van der Waals surface area contributed by atoms with Gasteiger partial charge < -0.3 is 5.32 Å². The van der Waals surface area contributed by atoms with Crippen molar-refractivity contribution < 1.29 is 13.2 Å². The number of carbonyl (C=O) groups excluding carboxylic acids is 1. The van der Waals surface area contributed by atoms with Crippen molar-refractivity contribution in [2.45, 2.75) is 50.5 Å². The molecule has 6 heteroatoms. The maximum Gasteiger partial charge on any atom is 0.251 e. The minimum Gasteiger partial charge on any atom is -0.350 e. The highest BCUT2D eigenvalue weighted by molar-refractivity contribution is 7.89. The first-order valence-electron chi connectivity index (χ1n) is 10.3. The molecule has 0 bridgehead atoms. The lowest BCUT2D eigenvalue weighted by atomic mass is 10.0. The third-order valence-corrected chi connectivity index (χ3v) is 7.46. The van der Waals surface area contributed by atoms with Gasteiger partial charge in [-0.05, 0) is 62.3 Å². The molecule has 1 amide bonds. The fourth-order valence-corrected chi connectivity index (χ4v) is 5.10. The van der Waals surface area contributed by atoms with Crippen molar-refractivity contribution in [2.75, 3.05) is 13.1 Å². The van der Waals surface area contributed by atoms with E-state index in [1.165, 1.54) is 15.9 Å². The van der Waals surface area contributed by atoms with Gasteiger partial charge in [0.15, 0.2) is 0 Å². The van der Waals surface area contributed by atoms with Crippen molar-refractivity contribution >= 4 is 15.9 Å². The predicted molar refractivity (Wildman–Crippen MR) is 115 cm³/mol. The molecule has 1 unspecified atom stereocenters. The number of hydrogen-bond donors (Lipinski definition) is 1. The van der Waals surface area contributed by atoms with Gasteiger partial charge in [0.2, 0.25) is 10.0 Å². The summed E-state index contributed by atoms with van der Waals surface area (Å²) in [6, 6.07) is 16.5. The lowest BCUT2D eigenvalue weighted by Gasteiger charge is -2.29. The van der Waals surface area contributed by atoms with Gasteiger partial charge in [0.1, 0.15) is 0 Å². The molecule has 0 aliphatic carbocycles. The molecule has 1 fully saturated rings. The number of amides is 1. The van der Waals surface area contributed by atoms with Gasteiger partial charge in [0.05, 0.1) is 4.90 Å². The van der Waals surface area contributed by atoms with Crippen LogP contribution in [0.3, 0.4) is 0 Å². The summed E-state index contributed by atoms with van der Waals surface area (Å²) in [6.07, 6.45) is 3.44. The molecule has 2 aromatic carbocycles. The van der Waals surface area contributed by atoms with Crippen LogP contribution in [-0.2, 0) is 16.4 Å². The van der Waals surface area contributed by atoms with E-state index in [2.05, 4.69) is 24.4 Å². The summed E-state index contributed by atoms with van der Waals surface area (Å²) in [4.78, 5) is 12.8. The second-order valence-corrected chi connectivity index (χ2v) is 9.95. The largest absolute Gasteiger partial charge is 0.350 e. The van der Waals surface area contributed by atoms with E-state index in [-0.39, 0.29) is 16.8 Å². The molecule has 0 aromatic heterocycles. The van der Waals surface area contributed by atoms with Crippen molar-refractivity contribution in [2.24, 2.45) is 5.92 Å². The molecule has 29 heavy (non-hydrogen) atoms. The second kappa shape index (κ2) is 9.55. The molecule has 1 aliphatic heterocycles.